The Balaban J connectivity index is 1.50. The van der Waals surface area contributed by atoms with Gasteiger partial charge in [-0.05, 0) is 49.2 Å². The number of hydrogen-bond acceptors (Lipinski definition) is 4. The highest BCUT2D eigenvalue weighted by molar-refractivity contribution is 5.66. The van der Waals surface area contributed by atoms with Gasteiger partial charge in [0.25, 0.3) is 0 Å². The lowest BCUT2D eigenvalue weighted by atomic mass is 9.90. The Morgan fingerprint density at radius 1 is 1.23 bits per heavy atom. The quantitative estimate of drug-likeness (QED) is 0.596. The molecule has 3 aromatic rings. The number of likely N-dealkylation sites (tertiary alicyclic amines) is 1. The number of furan rings is 1. The lowest BCUT2D eigenvalue weighted by Gasteiger charge is -2.32. The van der Waals surface area contributed by atoms with E-state index in [-0.39, 0.29) is 5.92 Å². The van der Waals surface area contributed by atoms with Gasteiger partial charge in [-0.15, -0.1) is 0 Å². The van der Waals surface area contributed by atoms with Gasteiger partial charge in [-0.1, -0.05) is 12.1 Å². The molecule has 0 radical (unpaired) electrons. The normalized spacial score (nSPS) is 18.1. The van der Waals surface area contributed by atoms with Crippen molar-refractivity contribution in [3.05, 3.63) is 65.4 Å². The maximum Gasteiger partial charge on any atom is 0.416 e. The molecule has 1 aromatic carbocycles. The monoisotopic (exact) mass is 419 g/mol. The fourth-order valence-corrected chi connectivity index (χ4v) is 4.08. The minimum atomic E-state index is -4.37. The third kappa shape index (κ3) is 4.60. The van der Waals surface area contributed by atoms with Crippen molar-refractivity contribution in [2.75, 3.05) is 20.2 Å². The zero-order valence-corrected chi connectivity index (χ0v) is 16.7. The van der Waals surface area contributed by atoms with Gasteiger partial charge in [-0.3, -0.25) is 10.00 Å². The van der Waals surface area contributed by atoms with Crippen LogP contribution in [-0.4, -0.2) is 35.3 Å². The van der Waals surface area contributed by atoms with Gasteiger partial charge < -0.3 is 9.15 Å². The first-order valence-electron chi connectivity index (χ1n) is 9.94. The molecule has 0 amide bonds. The summed E-state index contributed by atoms with van der Waals surface area (Å²) in [6.45, 7) is 2.86. The Kier molecular flexibility index (Phi) is 5.97. The summed E-state index contributed by atoms with van der Waals surface area (Å²) >= 11 is 0. The smallest absolute Gasteiger partial charge is 0.416 e. The van der Waals surface area contributed by atoms with Gasteiger partial charge in [0.2, 0.25) is 0 Å². The number of H-pyrrole nitrogens is 1. The first-order chi connectivity index (χ1) is 14.4. The number of piperidine rings is 1. The highest BCUT2D eigenvalue weighted by atomic mass is 19.4. The summed E-state index contributed by atoms with van der Waals surface area (Å²) in [7, 11) is 1.63. The molecule has 1 fully saturated rings. The van der Waals surface area contributed by atoms with Crippen LogP contribution < -0.4 is 0 Å². The first kappa shape index (κ1) is 20.7. The lowest BCUT2D eigenvalue weighted by molar-refractivity contribution is -0.137. The minimum Gasteiger partial charge on any atom is -0.462 e. The summed E-state index contributed by atoms with van der Waals surface area (Å²) < 4.78 is 50.3. The van der Waals surface area contributed by atoms with Crippen molar-refractivity contribution in [2.45, 2.75) is 38.1 Å². The second kappa shape index (κ2) is 8.65. The molecular formula is C22H24F3N3O2. The summed E-state index contributed by atoms with van der Waals surface area (Å²) in [5.74, 6) is 1.84. The average molecular weight is 419 g/mol. The molecule has 160 valence electrons. The van der Waals surface area contributed by atoms with Crippen LogP contribution in [0.5, 0.6) is 0 Å². The van der Waals surface area contributed by atoms with Crippen LogP contribution in [0.4, 0.5) is 13.2 Å². The first-order valence-corrected chi connectivity index (χ1v) is 9.94. The van der Waals surface area contributed by atoms with Gasteiger partial charge in [0.1, 0.15) is 18.1 Å². The van der Waals surface area contributed by atoms with Gasteiger partial charge in [0.05, 0.1) is 18.3 Å². The van der Waals surface area contributed by atoms with Crippen LogP contribution >= 0.6 is 0 Å². The Hall–Kier alpha value is -2.58. The fraction of sp³-hybridized carbons (Fsp3) is 0.409. The van der Waals surface area contributed by atoms with E-state index in [2.05, 4.69) is 15.1 Å². The van der Waals surface area contributed by atoms with Crippen molar-refractivity contribution in [3.63, 3.8) is 0 Å². The molecule has 0 aliphatic carbocycles. The number of methoxy groups -OCH3 is 1. The molecule has 1 atom stereocenters. The third-order valence-electron chi connectivity index (χ3n) is 5.47. The zero-order chi connectivity index (χ0) is 21.1. The van der Waals surface area contributed by atoms with E-state index in [4.69, 9.17) is 9.15 Å². The van der Waals surface area contributed by atoms with Crippen LogP contribution in [0.2, 0.25) is 0 Å². The average Bonchev–Trinajstić information content (AvgIpc) is 3.38. The van der Waals surface area contributed by atoms with E-state index in [1.807, 2.05) is 12.1 Å². The summed E-state index contributed by atoms with van der Waals surface area (Å²) in [6.07, 6.45) is -0.797. The molecule has 0 unspecified atom stereocenters. The molecule has 0 bridgehead atoms. The molecule has 3 heterocycles. The second-order valence-corrected chi connectivity index (χ2v) is 7.65. The van der Waals surface area contributed by atoms with Crippen LogP contribution in [-0.2, 0) is 24.1 Å². The number of aromatic amines is 1. The largest absolute Gasteiger partial charge is 0.462 e. The Morgan fingerprint density at radius 3 is 2.87 bits per heavy atom. The van der Waals surface area contributed by atoms with Crippen LogP contribution in [0.15, 0.2) is 47.0 Å². The van der Waals surface area contributed by atoms with Crippen molar-refractivity contribution < 1.29 is 22.3 Å². The number of halogens is 3. The van der Waals surface area contributed by atoms with Crippen LogP contribution in [0.3, 0.4) is 0 Å². The Labute approximate surface area is 172 Å². The molecule has 1 saturated heterocycles. The standard InChI is InChI=1S/C22H24F3N3O2/c1-29-14-19-8-7-18(30-19)13-28-9-3-5-16(12-28)21-20(11-26-27-21)15-4-2-6-17(10-15)22(23,24)25/h2,4,6-8,10-11,16H,3,5,9,12-14H2,1H3,(H,26,27)/t16-/m0/s1. The van der Waals surface area contributed by atoms with E-state index in [0.717, 1.165) is 54.8 Å². The number of alkyl halides is 3. The summed E-state index contributed by atoms with van der Waals surface area (Å²) in [4.78, 5) is 2.31. The number of rotatable bonds is 6. The predicted molar refractivity (Wildman–Crippen MR) is 106 cm³/mol. The molecule has 30 heavy (non-hydrogen) atoms. The third-order valence-corrected chi connectivity index (χ3v) is 5.47. The van der Waals surface area contributed by atoms with Gasteiger partial charge in [0.15, 0.2) is 0 Å². The van der Waals surface area contributed by atoms with Gasteiger partial charge >= 0.3 is 6.18 Å². The summed E-state index contributed by atoms with van der Waals surface area (Å²) in [5, 5.41) is 7.18. The molecular weight excluding hydrogens is 395 g/mol. The number of nitrogens with one attached hydrogen (secondary N) is 1. The molecule has 8 heteroatoms. The number of nitrogens with zero attached hydrogens (tertiary/aromatic N) is 2. The zero-order valence-electron chi connectivity index (χ0n) is 16.7. The summed E-state index contributed by atoms with van der Waals surface area (Å²) in [5.41, 5.74) is 1.50. The SMILES string of the molecule is COCc1ccc(CN2CCC[C@H](c3[nH]ncc3-c3cccc(C(F)(F)F)c3)C2)o1. The molecule has 1 aliphatic rings. The van der Waals surface area contributed by atoms with Crippen molar-refractivity contribution in [3.8, 4) is 11.1 Å². The fourth-order valence-electron chi connectivity index (χ4n) is 4.08. The minimum absolute atomic E-state index is 0.166. The van der Waals surface area contributed by atoms with E-state index in [1.54, 1.807) is 19.4 Å². The maximum absolute atomic E-state index is 13.1. The van der Waals surface area contributed by atoms with Crippen molar-refractivity contribution in [1.29, 1.82) is 0 Å². The Bertz CT molecular complexity index is 980. The van der Waals surface area contributed by atoms with Crippen LogP contribution in [0.1, 0.15) is 41.5 Å². The summed E-state index contributed by atoms with van der Waals surface area (Å²) in [6, 6.07) is 9.30. The van der Waals surface area contributed by atoms with Gasteiger partial charge in [0, 0.05) is 30.8 Å². The molecule has 0 saturated carbocycles. The van der Waals surface area contributed by atoms with E-state index >= 15 is 0 Å². The van der Waals surface area contributed by atoms with E-state index < -0.39 is 11.7 Å². The molecule has 5 nitrogen and oxygen atoms in total. The molecule has 4 rings (SSSR count). The van der Waals surface area contributed by atoms with Crippen molar-refractivity contribution in [2.24, 2.45) is 0 Å². The molecule has 1 N–H and O–H groups in total. The van der Waals surface area contributed by atoms with Crippen LogP contribution in [0.25, 0.3) is 11.1 Å². The highest BCUT2D eigenvalue weighted by Gasteiger charge is 2.31. The van der Waals surface area contributed by atoms with Crippen molar-refractivity contribution in [1.82, 2.24) is 15.1 Å². The predicted octanol–water partition coefficient (Wildman–Crippen LogP) is 5.21. The van der Waals surface area contributed by atoms with Crippen LogP contribution in [0, 0.1) is 0 Å². The van der Waals surface area contributed by atoms with E-state index in [1.165, 1.54) is 12.1 Å². The van der Waals surface area contributed by atoms with Gasteiger partial charge in [-0.25, -0.2) is 0 Å². The topological polar surface area (TPSA) is 54.3 Å². The van der Waals surface area contributed by atoms with E-state index in [0.29, 0.717) is 18.7 Å². The van der Waals surface area contributed by atoms with E-state index in [9.17, 15) is 13.2 Å². The number of benzene rings is 1. The Morgan fingerprint density at radius 2 is 2.07 bits per heavy atom. The number of hydrogen-bond donors (Lipinski definition) is 1. The molecule has 0 spiro atoms. The maximum atomic E-state index is 13.1. The number of aromatic nitrogens is 2. The number of ether oxygens (including phenoxy) is 1. The molecule has 2 aromatic heterocycles. The lowest BCUT2D eigenvalue weighted by Crippen LogP contribution is -2.34. The highest BCUT2D eigenvalue weighted by Crippen LogP contribution is 2.36. The van der Waals surface area contributed by atoms with Crippen molar-refractivity contribution >= 4 is 0 Å². The van der Waals surface area contributed by atoms with Gasteiger partial charge in [-0.2, -0.15) is 18.3 Å². The molecule has 1 aliphatic heterocycles. The second-order valence-electron chi connectivity index (χ2n) is 7.65.